The van der Waals surface area contributed by atoms with E-state index in [9.17, 15) is 0 Å². The van der Waals surface area contributed by atoms with Gasteiger partial charge in [-0.05, 0) is 53.2 Å². The van der Waals surface area contributed by atoms with E-state index in [2.05, 4.69) is 70.2 Å². The van der Waals surface area contributed by atoms with Gasteiger partial charge in [0.05, 0.1) is 22.1 Å². The van der Waals surface area contributed by atoms with Gasteiger partial charge in [-0.25, -0.2) is 9.97 Å². The zero-order valence-corrected chi connectivity index (χ0v) is 17.7. The lowest BCUT2D eigenvalue weighted by molar-refractivity contribution is 1.08. The molecule has 4 nitrogen and oxygen atoms in total. The van der Waals surface area contributed by atoms with Gasteiger partial charge in [0.25, 0.3) is 0 Å². The Morgan fingerprint density at radius 1 is 0.576 bits per heavy atom. The Bertz CT molecular complexity index is 1820. The molecule has 0 bridgehead atoms. The number of hydrogen-bond donors (Lipinski definition) is 0. The molecule has 33 heavy (non-hydrogen) atoms. The summed E-state index contributed by atoms with van der Waals surface area (Å²) in [4.78, 5) is 14.6. The number of nitrogens with zero attached hydrogens (tertiary/aromatic N) is 4. The summed E-state index contributed by atoms with van der Waals surface area (Å²) in [5, 5.41) is 4.83. The topological polar surface area (TPSA) is 43.6 Å². The van der Waals surface area contributed by atoms with E-state index in [0.29, 0.717) is 0 Å². The second-order valence-electron chi connectivity index (χ2n) is 8.20. The lowest BCUT2D eigenvalue weighted by atomic mass is 10.1. The molecule has 0 atom stereocenters. The maximum atomic E-state index is 5.15. The van der Waals surface area contributed by atoms with Gasteiger partial charge in [-0.1, -0.05) is 54.6 Å². The van der Waals surface area contributed by atoms with Crippen LogP contribution in [0.5, 0.6) is 0 Å². The van der Waals surface area contributed by atoms with E-state index >= 15 is 0 Å². The minimum Gasteiger partial charge on any atom is -0.292 e. The van der Waals surface area contributed by atoms with Crippen LogP contribution in [-0.4, -0.2) is 19.5 Å². The van der Waals surface area contributed by atoms with E-state index in [-0.39, 0.29) is 0 Å². The normalized spacial score (nSPS) is 11.6. The molecule has 4 aromatic carbocycles. The molecule has 0 unspecified atom stereocenters. The fourth-order valence-electron chi connectivity index (χ4n) is 4.73. The lowest BCUT2D eigenvalue weighted by Gasteiger charge is -2.13. The van der Waals surface area contributed by atoms with Crippen molar-refractivity contribution in [3.05, 3.63) is 109 Å². The molecule has 0 amide bonds. The van der Waals surface area contributed by atoms with E-state index in [1.807, 2.05) is 42.6 Å². The van der Waals surface area contributed by atoms with Crippen molar-refractivity contribution in [2.24, 2.45) is 0 Å². The third kappa shape index (κ3) is 2.74. The van der Waals surface area contributed by atoms with Gasteiger partial charge in [0, 0.05) is 28.7 Å². The average molecular weight is 422 g/mol. The lowest BCUT2D eigenvalue weighted by Crippen LogP contribution is -2.03. The Morgan fingerprint density at radius 2 is 1.30 bits per heavy atom. The Balaban J connectivity index is 1.68. The van der Waals surface area contributed by atoms with Crippen LogP contribution in [0.3, 0.4) is 0 Å². The van der Waals surface area contributed by atoms with Gasteiger partial charge in [-0.2, -0.15) is 0 Å². The largest absolute Gasteiger partial charge is 0.292 e. The molecule has 0 saturated heterocycles. The molecule has 0 fully saturated rings. The molecule has 0 spiro atoms. The van der Waals surface area contributed by atoms with E-state index in [1.165, 1.54) is 21.5 Å². The maximum absolute atomic E-state index is 5.15. The van der Waals surface area contributed by atoms with Gasteiger partial charge in [0.1, 0.15) is 5.69 Å². The number of para-hydroxylation sites is 3. The molecule has 0 aliphatic carbocycles. The fraction of sp³-hybridized carbons (Fsp3) is 0. The predicted octanol–water partition coefficient (Wildman–Crippen LogP) is 6.94. The smallest absolute Gasteiger partial charge is 0.165 e. The van der Waals surface area contributed by atoms with Gasteiger partial charge in [-0.15, -0.1) is 0 Å². The molecule has 154 valence electrons. The van der Waals surface area contributed by atoms with Gasteiger partial charge >= 0.3 is 0 Å². The van der Waals surface area contributed by atoms with Gasteiger partial charge < -0.3 is 0 Å². The van der Waals surface area contributed by atoms with Crippen LogP contribution in [0.1, 0.15) is 0 Å². The first-order valence-corrected chi connectivity index (χ1v) is 11.0. The molecular weight excluding hydrogens is 404 g/mol. The monoisotopic (exact) mass is 422 g/mol. The first-order valence-electron chi connectivity index (χ1n) is 11.0. The van der Waals surface area contributed by atoms with Crippen molar-refractivity contribution in [1.29, 1.82) is 0 Å². The quantitative estimate of drug-likeness (QED) is 0.303. The van der Waals surface area contributed by atoms with Crippen molar-refractivity contribution in [3.8, 4) is 17.1 Å². The Kier molecular flexibility index (Phi) is 3.81. The predicted molar refractivity (Wildman–Crippen MR) is 135 cm³/mol. The highest BCUT2D eigenvalue weighted by molar-refractivity contribution is 6.13. The zero-order chi connectivity index (χ0) is 21.8. The molecule has 0 aliphatic rings. The van der Waals surface area contributed by atoms with E-state index in [1.54, 1.807) is 6.20 Å². The summed E-state index contributed by atoms with van der Waals surface area (Å²) in [6.07, 6.45) is 3.63. The summed E-state index contributed by atoms with van der Waals surface area (Å²) < 4.78 is 2.25. The molecular formula is C29H18N4. The van der Waals surface area contributed by atoms with Crippen LogP contribution in [0.25, 0.3) is 60.7 Å². The van der Waals surface area contributed by atoms with Crippen molar-refractivity contribution in [2.45, 2.75) is 0 Å². The molecule has 3 heterocycles. The van der Waals surface area contributed by atoms with Crippen molar-refractivity contribution < 1.29 is 0 Å². The van der Waals surface area contributed by atoms with Gasteiger partial charge in [0.15, 0.2) is 5.82 Å². The highest BCUT2D eigenvalue weighted by Gasteiger charge is 2.19. The van der Waals surface area contributed by atoms with Crippen LogP contribution in [-0.2, 0) is 0 Å². The van der Waals surface area contributed by atoms with Crippen LogP contribution in [0.4, 0.5) is 0 Å². The van der Waals surface area contributed by atoms with Crippen LogP contribution in [0, 0.1) is 0 Å². The van der Waals surface area contributed by atoms with Gasteiger partial charge in [0.2, 0.25) is 0 Å². The number of aromatic nitrogens is 4. The number of fused-ring (bicyclic) bond motifs is 5. The molecule has 0 N–H and O–H groups in total. The SMILES string of the molecule is c1cncc(-c2nc3ccccc3nc2-n2c3ccccc3c3cc4ccccc4cc32)c1. The maximum Gasteiger partial charge on any atom is 0.165 e. The molecule has 0 saturated carbocycles. The summed E-state index contributed by atoms with van der Waals surface area (Å²) in [5.74, 6) is 0.809. The van der Waals surface area contributed by atoms with E-state index in [0.717, 1.165) is 39.1 Å². The number of hydrogen-bond acceptors (Lipinski definition) is 3. The molecule has 7 rings (SSSR count). The van der Waals surface area contributed by atoms with E-state index in [4.69, 9.17) is 9.97 Å². The third-order valence-corrected chi connectivity index (χ3v) is 6.24. The van der Waals surface area contributed by atoms with Crippen LogP contribution < -0.4 is 0 Å². The summed E-state index contributed by atoms with van der Waals surface area (Å²) >= 11 is 0. The summed E-state index contributed by atoms with van der Waals surface area (Å²) in [6.45, 7) is 0. The van der Waals surface area contributed by atoms with Crippen molar-refractivity contribution >= 4 is 43.6 Å². The zero-order valence-electron chi connectivity index (χ0n) is 17.7. The van der Waals surface area contributed by atoms with E-state index < -0.39 is 0 Å². The number of benzene rings is 4. The molecule has 0 aliphatic heterocycles. The third-order valence-electron chi connectivity index (χ3n) is 6.24. The van der Waals surface area contributed by atoms with Crippen LogP contribution in [0.2, 0.25) is 0 Å². The summed E-state index contributed by atoms with van der Waals surface area (Å²) in [6, 6.07) is 33.5. The average Bonchev–Trinajstić information content (AvgIpc) is 3.20. The van der Waals surface area contributed by atoms with Crippen LogP contribution in [0.15, 0.2) is 109 Å². The highest BCUT2D eigenvalue weighted by Crippen LogP contribution is 2.37. The first kappa shape index (κ1) is 18.0. The van der Waals surface area contributed by atoms with Crippen molar-refractivity contribution in [3.63, 3.8) is 0 Å². The number of rotatable bonds is 2. The Labute approximate surface area is 189 Å². The molecule has 4 heteroatoms. The highest BCUT2D eigenvalue weighted by atomic mass is 15.1. The standard InChI is InChI=1S/C29H18N4/c1-2-9-20-17-27-23(16-19(20)8-1)22-11-3-6-14-26(22)33(27)29-28(21-10-7-15-30-18-21)31-24-12-4-5-13-25(24)32-29/h1-18H. The minimum atomic E-state index is 0.809. The first-order chi connectivity index (χ1) is 16.4. The Morgan fingerprint density at radius 3 is 2.12 bits per heavy atom. The number of pyridine rings is 1. The molecule has 3 aromatic heterocycles. The second kappa shape index (κ2) is 6.97. The van der Waals surface area contributed by atoms with Crippen molar-refractivity contribution in [2.75, 3.05) is 0 Å². The summed E-state index contributed by atoms with van der Waals surface area (Å²) in [7, 11) is 0. The minimum absolute atomic E-state index is 0.809. The second-order valence-corrected chi connectivity index (χ2v) is 8.20. The fourth-order valence-corrected chi connectivity index (χ4v) is 4.73. The van der Waals surface area contributed by atoms with Crippen molar-refractivity contribution in [1.82, 2.24) is 19.5 Å². The molecule has 0 radical (unpaired) electrons. The molecule has 7 aromatic rings. The summed E-state index contributed by atoms with van der Waals surface area (Å²) in [5.41, 5.74) is 5.72. The Hall–Kier alpha value is -4.57. The van der Waals surface area contributed by atoms with Gasteiger partial charge in [-0.3, -0.25) is 9.55 Å². The van der Waals surface area contributed by atoms with Crippen LogP contribution >= 0.6 is 0 Å².